The molecule has 0 bridgehead atoms. The molecule has 0 unspecified atom stereocenters. The molecular formula is C30H46O3. The standard InChI is InChI=1S/C30H46O3/c1-25(2)21-10-13-30(7)22(28(21,5)12-11-23(25)31)9-8-19-20-18-27(4,24(32)33)15-14-26(20,3)16-17-29(19,30)6/h8-9,20-21,23,31H,10-18H2,1-7H3,(H,32,33)/t20-,21-,23+,26-,27+,28-,29+,30-/m1/s1. The fourth-order valence-corrected chi connectivity index (χ4v) is 9.84. The highest BCUT2D eigenvalue weighted by atomic mass is 16.4. The van der Waals surface area contributed by atoms with Crippen LogP contribution in [0.15, 0.2) is 23.3 Å². The zero-order valence-electron chi connectivity index (χ0n) is 22.1. The summed E-state index contributed by atoms with van der Waals surface area (Å²) in [5.41, 5.74) is 3.05. The van der Waals surface area contributed by atoms with Crippen molar-refractivity contribution in [3.63, 3.8) is 0 Å². The van der Waals surface area contributed by atoms with E-state index in [4.69, 9.17) is 0 Å². The number of aliphatic carboxylic acids is 1. The molecule has 0 aliphatic heterocycles. The summed E-state index contributed by atoms with van der Waals surface area (Å²) < 4.78 is 0. The molecule has 5 aliphatic carbocycles. The van der Waals surface area contributed by atoms with Gasteiger partial charge in [0.25, 0.3) is 0 Å². The molecule has 184 valence electrons. The number of hydrogen-bond donors (Lipinski definition) is 2. The minimum absolute atomic E-state index is 0.0577. The Morgan fingerprint density at radius 3 is 2.18 bits per heavy atom. The second-order valence-electron chi connectivity index (χ2n) is 14.5. The highest BCUT2D eigenvalue weighted by Gasteiger charge is 2.66. The van der Waals surface area contributed by atoms with Crippen molar-refractivity contribution in [1.29, 1.82) is 0 Å². The molecule has 2 N–H and O–H groups in total. The van der Waals surface area contributed by atoms with Crippen LogP contribution >= 0.6 is 0 Å². The maximum absolute atomic E-state index is 12.2. The molecule has 0 radical (unpaired) electrons. The molecule has 0 aromatic rings. The second-order valence-corrected chi connectivity index (χ2v) is 14.5. The molecule has 8 atom stereocenters. The number of allylic oxidation sites excluding steroid dienone is 4. The van der Waals surface area contributed by atoms with Gasteiger partial charge in [-0.05, 0) is 104 Å². The van der Waals surface area contributed by atoms with Crippen molar-refractivity contribution in [3.8, 4) is 0 Å². The number of carbonyl (C=O) groups is 1. The number of aliphatic hydroxyl groups excluding tert-OH is 1. The van der Waals surface area contributed by atoms with E-state index in [1.807, 2.05) is 6.92 Å². The van der Waals surface area contributed by atoms with Gasteiger partial charge in [-0.15, -0.1) is 0 Å². The Hall–Kier alpha value is -1.09. The number of rotatable bonds is 1. The predicted octanol–water partition coefficient (Wildman–Crippen LogP) is 7.15. The van der Waals surface area contributed by atoms with Crippen LogP contribution in [0.5, 0.6) is 0 Å². The highest BCUT2D eigenvalue weighted by Crippen LogP contribution is 2.74. The van der Waals surface area contributed by atoms with Gasteiger partial charge in [0.2, 0.25) is 0 Å². The quantitative estimate of drug-likeness (QED) is 0.442. The van der Waals surface area contributed by atoms with Gasteiger partial charge < -0.3 is 10.2 Å². The van der Waals surface area contributed by atoms with Gasteiger partial charge in [-0.2, -0.15) is 0 Å². The molecule has 0 spiro atoms. The number of hydrogen-bond acceptors (Lipinski definition) is 2. The number of fused-ring (bicyclic) bond motifs is 7. The van der Waals surface area contributed by atoms with Crippen molar-refractivity contribution in [1.82, 2.24) is 0 Å². The highest BCUT2D eigenvalue weighted by molar-refractivity contribution is 5.74. The van der Waals surface area contributed by atoms with E-state index in [9.17, 15) is 15.0 Å². The van der Waals surface area contributed by atoms with Gasteiger partial charge in [0.1, 0.15) is 0 Å². The average molecular weight is 455 g/mol. The van der Waals surface area contributed by atoms with Gasteiger partial charge >= 0.3 is 5.97 Å². The number of carboxylic acids is 1. The van der Waals surface area contributed by atoms with Crippen LogP contribution in [0.25, 0.3) is 0 Å². The summed E-state index contributed by atoms with van der Waals surface area (Å²) in [4.78, 5) is 12.2. The molecule has 4 saturated carbocycles. The first-order valence-electron chi connectivity index (χ1n) is 13.5. The van der Waals surface area contributed by atoms with Crippen LogP contribution in [0, 0.1) is 44.3 Å². The molecule has 4 fully saturated rings. The van der Waals surface area contributed by atoms with E-state index in [-0.39, 0.29) is 33.2 Å². The zero-order valence-corrected chi connectivity index (χ0v) is 22.1. The lowest BCUT2D eigenvalue weighted by atomic mass is 9.36. The summed E-state index contributed by atoms with van der Waals surface area (Å²) in [6, 6.07) is 0. The van der Waals surface area contributed by atoms with E-state index in [2.05, 4.69) is 53.7 Å². The third-order valence-electron chi connectivity index (χ3n) is 12.7. The first kappa shape index (κ1) is 23.6. The Morgan fingerprint density at radius 2 is 1.52 bits per heavy atom. The summed E-state index contributed by atoms with van der Waals surface area (Å²) in [6.45, 7) is 16.5. The van der Waals surface area contributed by atoms with E-state index < -0.39 is 11.4 Å². The Balaban J connectivity index is 1.62. The van der Waals surface area contributed by atoms with Crippen molar-refractivity contribution in [2.75, 3.05) is 0 Å². The van der Waals surface area contributed by atoms with Crippen LogP contribution in [-0.2, 0) is 4.79 Å². The van der Waals surface area contributed by atoms with Crippen molar-refractivity contribution < 1.29 is 15.0 Å². The zero-order chi connectivity index (χ0) is 24.2. The molecule has 5 aliphatic rings. The van der Waals surface area contributed by atoms with Crippen molar-refractivity contribution in [2.45, 2.75) is 112 Å². The molecule has 0 amide bonds. The topological polar surface area (TPSA) is 57.5 Å². The summed E-state index contributed by atoms with van der Waals surface area (Å²) in [5, 5.41) is 20.9. The van der Waals surface area contributed by atoms with Crippen LogP contribution < -0.4 is 0 Å². The van der Waals surface area contributed by atoms with Gasteiger partial charge in [0.05, 0.1) is 11.5 Å². The fourth-order valence-electron chi connectivity index (χ4n) is 9.84. The van der Waals surface area contributed by atoms with Gasteiger partial charge in [-0.1, -0.05) is 64.8 Å². The lowest BCUT2D eigenvalue weighted by molar-refractivity contribution is -0.155. The van der Waals surface area contributed by atoms with Crippen LogP contribution in [0.2, 0.25) is 0 Å². The molecule has 5 rings (SSSR count). The summed E-state index contributed by atoms with van der Waals surface area (Å²) in [5.74, 6) is 0.244. The fraction of sp³-hybridized carbons (Fsp3) is 0.833. The van der Waals surface area contributed by atoms with Gasteiger partial charge in [-0.25, -0.2) is 0 Å². The number of carboxylic acid groups (broad SMARTS) is 1. The van der Waals surface area contributed by atoms with E-state index >= 15 is 0 Å². The minimum Gasteiger partial charge on any atom is -0.481 e. The Kier molecular flexibility index (Phi) is 4.85. The van der Waals surface area contributed by atoms with E-state index in [0.717, 1.165) is 32.1 Å². The molecular weight excluding hydrogens is 408 g/mol. The van der Waals surface area contributed by atoms with Gasteiger partial charge in [-0.3, -0.25) is 4.79 Å². The third-order valence-corrected chi connectivity index (χ3v) is 12.7. The molecule has 33 heavy (non-hydrogen) atoms. The molecule has 0 aromatic carbocycles. The molecule has 3 nitrogen and oxygen atoms in total. The van der Waals surface area contributed by atoms with E-state index in [1.54, 1.807) is 11.1 Å². The molecule has 0 aromatic heterocycles. The van der Waals surface area contributed by atoms with Crippen LogP contribution in [0.3, 0.4) is 0 Å². The molecule has 0 saturated heterocycles. The van der Waals surface area contributed by atoms with Crippen molar-refractivity contribution in [2.24, 2.45) is 44.3 Å². The van der Waals surface area contributed by atoms with Crippen molar-refractivity contribution >= 4 is 5.97 Å². The van der Waals surface area contributed by atoms with Crippen LogP contribution in [0.4, 0.5) is 0 Å². The summed E-state index contributed by atoms with van der Waals surface area (Å²) in [7, 11) is 0. The summed E-state index contributed by atoms with van der Waals surface area (Å²) >= 11 is 0. The Bertz CT molecular complexity index is 944. The first-order valence-corrected chi connectivity index (χ1v) is 13.5. The smallest absolute Gasteiger partial charge is 0.309 e. The van der Waals surface area contributed by atoms with Crippen molar-refractivity contribution in [3.05, 3.63) is 23.3 Å². The Labute approximate surface area is 201 Å². The Morgan fingerprint density at radius 1 is 0.848 bits per heavy atom. The third kappa shape index (κ3) is 2.81. The molecule has 0 heterocycles. The van der Waals surface area contributed by atoms with Gasteiger partial charge in [0, 0.05) is 0 Å². The number of aliphatic hydroxyl groups is 1. The van der Waals surface area contributed by atoms with E-state index in [0.29, 0.717) is 11.8 Å². The lowest BCUT2D eigenvalue weighted by Crippen LogP contribution is -2.61. The average Bonchev–Trinajstić information content (AvgIpc) is 2.73. The lowest BCUT2D eigenvalue weighted by Gasteiger charge is -2.68. The maximum atomic E-state index is 12.2. The molecule has 3 heteroatoms. The minimum atomic E-state index is -0.619. The second kappa shape index (κ2) is 6.77. The van der Waals surface area contributed by atoms with Gasteiger partial charge in [0.15, 0.2) is 0 Å². The normalized spacial score (nSPS) is 52.9. The maximum Gasteiger partial charge on any atom is 0.309 e. The monoisotopic (exact) mass is 454 g/mol. The first-order chi connectivity index (χ1) is 15.1. The summed E-state index contributed by atoms with van der Waals surface area (Å²) in [6.07, 6.45) is 14.0. The van der Waals surface area contributed by atoms with Crippen LogP contribution in [0.1, 0.15) is 106 Å². The van der Waals surface area contributed by atoms with E-state index in [1.165, 1.54) is 25.7 Å². The predicted molar refractivity (Wildman–Crippen MR) is 133 cm³/mol. The SMILES string of the molecule is CC1(C)[C@H]2CC[C@]3(C)C(=CC=C4[C@H]5C[C@@](C)(C(=O)O)CC[C@]5(C)CC[C@@]43C)[C@]2(C)CC[C@@H]1O. The largest absolute Gasteiger partial charge is 0.481 e. The van der Waals surface area contributed by atoms with Crippen LogP contribution in [-0.4, -0.2) is 22.3 Å².